The first-order valence-corrected chi connectivity index (χ1v) is 13.8. The molecule has 8 heteroatoms. The van der Waals surface area contributed by atoms with Crippen LogP contribution < -0.4 is 10.2 Å². The summed E-state index contributed by atoms with van der Waals surface area (Å²) >= 11 is 10.2. The molecule has 5 nitrogen and oxygen atoms in total. The van der Waals surface area contributed by atoms with Crippen LogP contribution in [-0.4, -0.2) is 27.8 Å². The minimum atomic E-state index is -0.321. The van der Waals surface area contributed by atoms with Gasteiger partial charge in [-0.15, -0.1) is 0 Å². The Morgan fingerprint density at radius 3 is 2.48 bits per heavy atom. The van der Waals surface area contributed by atoms with Gasteiger partial charge in [-0.1, -0.05) is 31.7 Å². The van der Waals surface area contributed by atoms with Crippen LogP contribution in [0.15, 0.2) is 27.6 Å². The summed E-state index contributed by atoms with van der Waals surface area (Å²) in [6, 6.07) is 5.74. The lowest BCUT2D eigenvalue weighted by molar-refractivity contribution is -0.152. The quantitative estimate of drug-likeness (QED) is 0.352. The fourth-order valence-electron chi connectivity index (χ4n) is 6.30. The van der Waals surface area contributed by atoms with E-state index in [2.05, 4.69) is 35.2 Å². The van der Waals surface area contributed by atoms with Crippen LogP contribution in [0.4, 0.5) is 0 Å². The van der Waals surface area contributed by atoms with E-state index in [1.54, 1.807) is 0 Å². The number of thiocarbonyl (C=S) groups is 1. The van der Waals surface area contributed by atoms with Crippen molar-refractivity contribution in [2.24, 2.45) is 29.1 Å². The van der Waals surface area contributed by atoms with E-state index >= 15 is 0 Å². The second kappa shape index (κ2) is 9.00. The molecule has 1 N–H and O–H groups in total. The largest absolute Gasteiger partial charge is 0.492 e. The number of benzene rings is 1. The van der Waals surface area contributed by atoms with Gasteiger partial charge in [0.25, 0.3) is 5.91 Å². The van der Waals surface area contributed by atoms with E-state index in [0.717, 1.165) is 35.0 Å². The molecule has 2 amide bonds. The molecule has 1 aliphatic heterocycles. The Morgan fingerprint density at radius 1 is 1.27 bits per heavy atom. The normalized spacial score (nSPS) is 31.7. The summed E-state index contributed by atoms with van der Waals surface area (Å²) in [7, 11) is 0. The van der Waals surface area contributed by atoms with Crippen molar-refractivity contribution in [2.75, 3.05) is 6.61 Å². The Bertz CT molecular complexity index is 1000. The van der Waals surface area contributed by atoms with Crippen molar-refractivity contribution in [3.05, 3.63) is 33.1 Å². The maximum atomic E-state index is 13.4. The molecule has 0 unspecified atom stereocenters. The Kier molecular flexibility index (Phi) is 6.38. The first-order chi connectivity index (χ1) is 15.7. The number of amides is 2. The lowest BCUT2D eigenvalue weighted by atomic mass is 9.49. The van der Waals surface area contributed by atoms with Crippen molar-refractivity contribution < 1.29 is 14.3 Å². The number of halogens is 1. The topological polar surface area (TPSA) is 58.6 Å². The molecule has 0 spiro atoms. The first-order valence-electron chi connectivity index (χ1n) is 11.7. The number of ether oxygens (including phenoxy) is 1. The molecule has 0 radical (unpaired) electrons. The van der Waals surface area contributed by atoms with E-state index in [1.807, 2.05) is 24.3 Å². The average Bonchev–Trinajstić information content (AvgIpc) is 2.99. The summed E-state index contributed by atoms with van der Waals surface area (Å²) in [5, 5.41) is 1.28. The van der Waals surface area contributed by atoms with E-state index in [-0.39, 0.29) is 17.2 Å². The van der Waals surface area contributed by atoms with Crippen molar-refractivity contribution in [3.63, 3.8) is 0 Å². The van der Waals surface area contributed by atoms with Crippen LogP contribution in [0.3, 0.4) is 0 Å². The zero-order chi connectivity index (χ0) is 23.3. The number of thioether (sulfide) groups is 1. The Morgan fingerprint density at radius 2 is 1.91 bits per heavy atom. The van der Waals surface area contributed by atoms with Crippen molar-refractivity contribution in [1.82, 2.24) is 10.4 Å². The molecule has 5 aliphatic rings. The highest BCUT2D eigenvalue weighted by Crippen LogP contribution is 2.60. The van der Waals surface area contributed by atoms with Crippen LogP contribution in [0.2, 0.25) is 0 Å². The summed E-state index contributed by atoms with van der Waals surface area (Å²) in [6.45, 7) is 4.85. The Labute approximate surface area is 213 Å². The van der Waals surface area contributed by atoms with E-state index in [0.29, 0.717) is 39.5 Å². The molecule has 33 heavy (non-hydrogen) atoms. The van der Waals surface area contributed by atoms with Crippen LogP contribution >= 0.6 is 39.9 Å². The van der Waals surface area contributed by atoms with Gasteiger partial charge in [0.05, 0.1) is 21.4 Å². The van der Waals surface area contributed by atoms with Crippen LogP contribution in [0.1, 0.15) is 57.9 Å². The van der Waals surface area contributed by atoms with Gasteiger partial charge < -0.3 is 4.74 Å². The van der Waals surface area contributed by atoms with E-state index in [1.165, 1.54) is 36.0 Å². The molecule has 4 aliphatic carbocycles. The molecule has 4 saturated carbocycles. The van der Waals surface area contributed by atoms with Gasteiger partial charge in [-0.05, 0) is 114 Å². The smallest absolute Gasteiger partial charge is 0.285 e. The van der Waals surface area contributed by atoms with Crippen molar-refractivity contribution in [2.45, 2.75) is 52.4 Å². The van der Waals surface area contributed by atoms with Gasteiger partial charge in [-0.3, -0.25) is 15.0 Å². The van der Waals surface area contributed by atoms with Gasteiger partial charge in [0.2, 0.25) is 5.91 Å². The zero-order valence-corrected chi connectivity index (χ0v) is 22.2. The Balaban J connectivity index is 1.28. The van der Waals surface area contributed by atoms with Gasteiger partial charge in [-0.25, -0.2) is 0 Å². The number of carbonyl (C=O) groups excluding carboxylic acids is 2. The molecule has 176 valence electrons. The number of carbonyl (C=O) groups is 2. The number of hydrogen-bond donors (Lipinski definition) is 1. The number of nitrogens with zero attached hydrogens (tertiary/aromatic N) is 1. The maximum Gasteiger partial charge on any atom is 0.285 e. The molecule has 1 aromatic carbocycles. The molecule has 1 saturated heterocycles. The highest BCUT2D eigenvalue weighted by atomic mass is 79.9. The van der Waals surface area contributed by atoms with E-state index in [9.17, 15) is 9.59 Å². The monoisotopic (exact) mass is 548 g/mol. The molecule has 1 heterocycles. The third-order valence-electron chi connectivity index (χ3n) is 7.35. The lowest BCUT2D eigenvalue weighted by Crippen LogP contribution is -2.57. The summed E-state index contributed by atoms with van der Waals surface area (Å²) in [5.74, 6) is 2.92. The van der Waals surface area contributed by atoms with Crippen LogP contribution in [0.5, 0.6) is 5.75 Å². The van der Waals surface area contributed by atoms with Gasteiger partial charge in [0, 0.05) is 0 Å². The molecule has 0 aromatic heterocycles. The van der Waals surface area contributed by atoms with Crippen molar-refractivity contribution in [3.8, 4) is 5.75 Å². The van der Waals surface area contributed by atoms with Crippen LogP contribution in [0.25, 0.3) is 6.08 Å². The second-order valence-electron chi connectivity index (χ2n) is 10.6. The summed E-state index contributed by atoms with van der Waals surface area (Å²) in [5.41, 5.74) is 3.46. The number of hydrazine groups is 1. The average molecular weight is 550 g/mol. The van der Waals surface area contributed by atoms with Crippen LogP contribution in [0, 0.1) is 29.1 Å². The van der Waals surface area contributed by atoms with Crippen molar-refractivity contribution >= 4 is 62.1 Å². The summed E-state index contributed by atoms with van der Waals surface area (Å²) in [6.07, 6.45) is 8.48. The zero-order valence-electron chi connectivity index (χ0n) is 18.9. The number of rotatable bonds is 6. The fourth-order valence-corrected chi connectivity index (χ4v) is 8.00. The van der Waals surface area contributed by atoms with Crippen molar-refractivity contribution in [1.29, 1.82) is 0 Å². The minimum Gasteiger partial charge on any atom is -0.492 e. The predicted octanol–water partition coefficient (Wildman–Crippen LogP) is 5.93. The predicted molar refractivity (Wildman–Crippen MR) is 138 cm³/mol. The fraction of sp³-hybridized carbons (Fsp3) is 0.560. The van der Waals surface area contributed by atoms with E-state index < -0.39 is 0 Å². The molecular weight excluding hydrogens is 520 g/mol. The van der Waals surface area contributed by atoms with Gasteiger partial charge >= 0.3 is 0 Å². The molecular formula is C25H29BrN2O3S2. The van der Waals surface area contributed by atoms with E-state index in [4.69, 9.17) is 17.0 Å². The highest BCUT2D eigenvalue weighted by Gasteiger charge is 2.55. The Hall–Kier alpha value is -1.38. The third-order valence-corrected chi connectivity index (χ3v) is 9.27. The third kappa shape index (κ3) is 4.63. The standard InChI is InChI=1S/C25H29BrN2O3S2/c1-14(2)13-31-20-4-3-15(8-19(20)26)9-21-22(29)28(24(32)33-21)27-23(30)25-10-16-5-17(11-25)7-18(6-16)12-25/h3-4,8-9,14,16-18H,5-7,10-13H2,1-2H3,(H,27,30)/b21-9+. The lowest BCUT2D eigenvalue weighted by Gasteiger charge is -2.55. The van der Waals surface area contributed by atoms with Gasteiger partial charge in [0.1, 0.15) is 5.75 Å². The molecule has 6 rings (SSSR count). The molecule has 5 fully saturated rings. The molecule has 1 aromatic rings. The first kappa shape index (κ1) is 23.4. The SMILES string of the molecule is CC(C)COc1ccc(/C=C2/SC(=S)N(NC(=O)C34CC5CC(CC(C5)C3)C4)C2=O)cc1Br. The van der Waals surface area contributed by atoms with Crippen LogP contribution in [-0.2, 0) is 9.59 Å². The number of hydrogen-bond acceptors (Lipinski definition) is 5. The summed E-state index contributed by atoms with van der Waals surface area (Å²) < 4.78 is 7.02. The van der Waals surface area contributed by atoms with Gasteiger partial charge in [-0.2, -0.15) is 5.01 Å². The minimum absolute atomic E-state index is 0.0199. The van der Waals surface area contributed by atoms with Gasteiger partial charge in [0.15, 0.2) is 4.32 Å². The molecule has 4 bridgehead atoms. The second-order valence-corrected chi connectivity index (χ2v) is 13.1. The maximum absolute atomic E-state index is 13.4. The molecule has 0 atom stereocenters. The highest BCUT2D eigenvalue weighted by molar-refractivity contribution is 9.10. The number of nitrogens with one attached hydrogen (secondary N) is 1. The summed E-state index contributed by atoms with van der Waals surface area (Å²) in [4.78, 5) is 27.0.